The van der Waals surface area contributed by atoms with Gasteiger partial charge in [0.25, 0.3) is 0 Å². The van der Waals surface area contributed by atoms with Gasteiger partial charge in [-0.2, -0.15) is 0 Å². The van der Waals surface area contributed by atoms with Crippen molar-refractivity contribution in [3.8, 4) is 0 Å². The Bertz CT molecular complexity index is 601. The van der Waals surface area contributed by atoms with Gasteiger partial charge in [0.05, 0.1) is 0 Å². The van der Waals surface area contributed by atoms with Crippen molar-refractivity contribution < 1.29 is 4.39 Å². The molecule has 0 amide bonds. The van der Waals surface area contributed by atoms with Crippen molar-refractivity contribution in [1.82, 2.24) is 0 Å². The van der Waals surface area contributed by atoms with E-state index in [1.165, 1.54) is 12.1 Å². The summed E-state index contributed by atoms with van der Waals surface area (Å²) in [5.41, 5.74) is 2.99. The lowest BCUT2D eigenvalue weighted by Crippen LogP contribution is -2.07. The zero-order chi connectivity index (χ0) is 14.0. The van der Waals surface area contributed by atoms with E-state index in [1.807, 2.05) is 32.0 Å². The molecule has 0 aromatic heterocycles. The van der Waals surface area contributed by atoms with Crippen LogP contribution in [0.1, 0.15) is 24.1 Å². The van der Waals surface area contributed by atoms with Gasteiger partial charge in [-0.05, 0) is 49.2 Å². The van der Waals surface area contributed by atoms with Crippen LogP contribution >= 0.6 is 27.5 Å². The molecule has 0 heterocycles. The van der Waals surface area contributed by atoms with Gasteiger partial charge in [-0.15, -0.1) is 0 Å². The van der Waals surface area contributed by atoms with Gasteiger partial charge in [-0.3, -0.25) is 0 Å². The second-order valence-corrected chi connectivity index (χ2v) is 5.76. The second kappa shape index (κ2) is 5.93. The number of hydrogen-bond donors (Lipinski definition) is 1. The van der Waals surface area contributed by atoms with Crippen molar-refractivity contribution in [2.45, 2.75) is 19.9 Å². The number of nitrogens with one attached hydrogen (secondary N) is 1. The highest BCUT2D eigenvalue weighted by molar-refractivity contribution is 9.10. The average molecular weight is 343 g/mol. The molecule has 2 aromatic rings. The number of aryl methyl sites for hydroxylation is 1. The molecule has 0 bridgehead atoms. The molecule has 0 saturated carbocycles. The maximum absolute atomic E-state index is 13.1. The van der Waals surface area contributed by atoms with E-state index in [0.29, 0.717) is 0 Å². The summed E-state index contributed by atoms with van der Waals surface area (Å²) in [5.74, 6) is -0.249. The van der Waals surface area contributed by atoms with E-state index >= 15 is 0 Å². The Hall–Kier alpha value is -1.06. The van der Waals surface area contributed by atoms with Gasteiger partial charge in [0.15, 0.2) is 0 Å². The average Bonchev–Trinajstić information content (AvgIpc) is 2.33. The zero-order valence-corrected chi connectivity index (χ0v) is 13.0. The van der Waals surface area contributed by atoms with E-state index in [4.69, 9.17) is 11.6 Å². The zero-order valence-electron chi connectivity index (χ0n) is 10.7. The molecule has 1 nitrogen and oxygen atoms in total. The highest BCUT2D eigenvalue weighted by atomic mass is 79.9. The van der Waals surface area contributed by atoms with Crippen molar-refractivity contribution in [2.24, 2.45) is 0 Å². The van der Waals surface area contributed by atoms with E-state index in [2.05, 4.69) is 21.2 Å². The van der Waals surface area contributed by atoms with Gasteiger partial charge in [-0.25, -0.2) is 4.39 Å². The van der Waals surface area contributed by atoms with Gasteiger partial charge >= 0.3 is 0 Å². The van der Waals surface area contributed by atoms with Crippen molar-refractivity contribution >= 4 is 33.2 Å². The van der Waals surface area contributed by atoms with Crippen LogP contribution in [0.4, 0.5) is 10.1 Å². The SMILES string of the molecule is Cc1ccc(NC(C)c2ccc(F)cc2Br)cc1Cl. The summed E-state index contributed by atoms with van der Waals surface area (Å²) in [6.07, 6.45) is 0. The van der Waals surface area contributed by atoms with Crippen LogP contribution in [0.3, 0.4) is 0 Å². The molecule has 0 aliphatic carbocycles. The van der Waals surface area contributed by atoms with Crippen LogP contribution in [0.25, 0.3) is 0 Å². The standard InChI is InChI=1S/C15H14BrClFN/c1-9-3-5-12(8-15(9)17)19-10(2)13-6-4-11(18)7-14(13)16/h3-8,10,19H,1-2H3. The molecule has 1 N–H and O–H groups in total. The van der Waals surface area contributed by atoms with Crippen LogP contribution in [0.15, 0.2) is 40.9 Å². The second-order valence-electron chi connectivity index (χ2n) is 4.50. The van der Waals surface area contributed by atoms with E-state index in [1.54, 1.807) is 6.07 Å². The molecule has 0 saturated heterocycles. The molecular weight excluding hydrogens is 329 g/mol. The van der Waals surface area contributed by atoms with Crippen molar-refractivity contribution in [3.63, 3.8) is 0 Å². The minimum atomic E-state index is -0.249. The Morgan fingerprint density at radius 2 is 1.95 bits per heavy atom. The summed E-state index contributed by atoms with van der Waals surface area (Å²) in [7, 11) is 0. The summed E-state index contributed by atoms with van der Waals surface area (Å²) in [5, 5.41) is 4.08. The third kappa shape index (κ3) is 3.48. The Kier molecular flexibility index (Phi) is 4.48. The summed E-state index contributed by atoms with van der Waals surface area (Å²) < 4.78 is 13.8. The van der Waals surface area contributed by atoms with Crippen molar-refractivity contribution in [2.75, 3.05) is 5.32 Å². The molecule has 0 radical (unpaired) electrons. The van der Waals surface area contributed by atoms with Gasteiger partial charge in [-0.1, -0.05) is 39.7 Å². The smallest absolute Gasteiger partial charge is 0.124 e. The number of anilines is 1. The van der Waals surface area contributed by atoms with Crippen LogP contribution in [0.2, 0.25) is 5.02 Å². The van der Waals surface area contributed by atoms with E-state index in [-0.39, 0.29) is 11.9 Å². The Labute approximate surface area is 125 Å². The highest BCUT2D eigenvalue weighted by Gasteiger charge is 2.10. The number of rotatable bonds is 3. The topological polar surface area (TPSA) is 12.0 Å². The normalized spacial score (nSPS) is 12.3. The largest absolute Gasteiger partial charge is 0.378 e. The van der Waals surface area contributed by atoms with Crippen LogP contribution in [0.5, 0.6) is 0 Å². The minimum Gasteiger partial charge on any atom is -0.378 e. The van der Waals surface area contributed by atoms with Crippen LogP contribution in [0, 0.1) is 12.7 Å². The highest BCUT2D eigenvalue weighted by Crippen LogP contribution is 2.28. The first-order valence-corrected chi connectivity index (χ1v) is 7.12. The van der Waals surface area contributed by atoms with Crippen molar-refractivity contribution in [3.05, 3.63) is 62.8 Å². The minimum absolute atomic E-state index is 0.0498. The van der Waals surface area contributed by atoms with Crippen molar-refractivity contribution in [1.29, 1.82) is 0 Å². The first-order chi connectivity index (χ1) is 8.97. The first kappa shape index (κ1) is 14.4. The molecule has 0 aliphatic heterocycles. The first-order valence-electron chi connectivity index (χ1n) is 5.95. The summed E-state index contributed by atoms with van der Waals surface area (Å²) >= 11 is 9.48. The molecule has 0 fully saturated rings. The summed E-state index contributed by atoms with van der Waals surface area (Å²) in [4.78, 5) is 0. The quantitative estimate of drug-likeness (QED) is 0.752. The Morgan fingerprint density at radius 1 is 1.21 bits per heavy atom. The summed E-state index contributed by atoms with van der Waals surface area (Å²) in [6.45, 7) is 3.98. The molecule has 2 rings (SSSR count). The fraction of sp³-hybridized carbons (Fsp3) is 0.200. The molecule has 19 heavy (non-hydrogen) atoms. The lowest BCUT2D eigenvalue weighted by atomic mass is 10.1. The van der Waals surface area contributed by atoms with E-state index < -0.39 is 0 Å². The lowest BCUT2D eigenvalue weighted by Gasteiger charge is -2.17. The third-order valence-corrected chi connectivity index (χ3v) is 4.08. The molecule has 100 valence electrons. The Balaban J connectivity index is 2.20. The van der Waals surface area contributed by atoms with Gasteiger partial charge < -0.3 is 5.32 Å². The van der Waals surface area contributed by atoms with Crippen LogP contribution in [-0.2, 0) is 0 Å². The molecule has 4 heteroatoms. The Morgan fingerprint density at radius 3 is 2.58 bits per heavy atom. The number of hydrogen-bond acceptors (Lipinski definition) is 1. The molecule has 0 spiro atoms. The van der Waals surface area contributed by atoms with Gasteiger partial charge in [0.1, 0.15) is 5.82 Å². The number of halogens is 3. The van der Waals surface area contributed by atoms with E-state index in [0.717, 1.165) is 26.3 Å². The molecule has 1 atom stereocenters. The van der Waals surface area contributed by atoms with Crippen LogP contribution in [-0.4, -0.2) is 0 Å². The maximum atomic E-state index is 13.1. The summed E-state index contributed by atoms with van der Waals surface area (Å²) in [6, 6.07) is 10.6. The van der Waals surface area contributed by atoms with Crippen LogP contribution < -0.4 is 5.32 Å². The predicted molar refractivity (Wildman–Crippen MR) is 82.3 cm³/mol. The monoisotopic (exact) mass is 341 g/mol. The van der Waals surface area contributed by atoms with Gasteiger partial charge in [0, 0.05) is 21.2 Å². The molecule has 1 unspecified atom stereocenters. The predicted octanol–water partition coefficient (Wildman–Crippen LogP) is 5.72. The fourth-order valence-corrected chi connectivity index (χ4v) is 2.74. The fourth-order valence-electron chi connectivity index (χ4n) is 1.86. The molecule has 2 aromatic carbocycles. The van der Waals surface area contributed by atoms with Gasteiger partial charge in [0.2, 0.25) is 0 Å². The number of benzene rings is 2. The lowest BCUT2D eigenvalue weighted by molar-refractivity contribution is 0.625. The molecule has 0 aliphatic rings. The maximum Gasteiger partial charge on any atom is 0.124 e. The molecular formula is C15H14BrClFN. The van der Waals surface area contributed by atoms with E-state index in [9.17, 15) is 4.39 Å². The third-order valence-electron chi connectivity index (χ3n) is 2.98.